The van der Waals surface area contributed by atoms with Crippen molar-refractivity contribution < 1.29 is 17.2 Å². The molecule has 0 saturated heterocycles. The van der Waals surface area contributed by atoms with Gasteiger partial charge in [-0.2, -0.15) is 0 Å². The van der Waals surface area contributed by atoms with Crippen molar-refractivity contribution in [1.82, 2.24) is 0 Å². The number of nitrogens with two attached hydrogens (primary N) is 1. The molecule has 0 radical (unpaired) electrons. The first-order chi connectivity index (χ1) is 9.70. The minimum absolute atomic E-state index is 0.0768. The van der Waals surface area contributed by atoms with Gasteiger partial charge in [0.05, 0.1) is 20.7 Å². The van der Waals surface area contributed by atoms with Crippen molar-refractivity contribution in [2.45, 2.75) is 11.8 Å². The lowest BCUT2D eigenvalue weighted by atomic mass is 10.2. The summed E-state index contributed by atoms with van der Waals surface area (Å²) in [6.45, 7) is 1.62. The molecule has 2 aromatic carbocycles. The third-order valence-corrected chi connectivity index (χ3v) is 4.76. The smallest absolute Gasteiger partial charge is 0.262 e. The molecule has 21 heavy (non-hydrogen) atoms. The zero-order valence-corrected chi connectivity index (χ0v) is 13.2. The van der Waals surface area contributed by atoms with Crippen molar-refractivity contribution in [1.29, 1.82) is 0 Å². The molecule has 3 N–H and O–H groups in total. The Hall–Kier alpha value is -1.67. The van der Waals surface area contributed by atoms with Gasteiger partial charge in [0.1, 0.15) is 11.6 Å². The van der Waals surface area contributed by atoms with Gasteiger partial charge in [0.15, 0.2) is 0 Å². The summed E-state index contributed by atoms with van der Waals surface area (Å²) in [6, 6.07) is 5.62. The van der Waals surface area contributed by atoms with E-state index in [0.717, 1.165) is 18.2 Å². The summed E-state index contributed by atoms with van der Waals surface area (Å²) in [5, 5.41) is 0. The van der Waals surface area contributed by atoms with Gasteiger partial charge in [0.2, 0.25) is 0 Å². The van der Waals surface area contributed by atoms with E-state index in [0.29, 0.717) is 5.56 Å². The van der Waals surface area contributed by atoms with Crippen LogP contribution in [0.4, 0.5) is 20.2 Å². The number of halogens is 3. The first kappa shape index (κ1) is 15.7. The Bertz CT molecular complexity index is 810. The van der Waals surface area contributed by atoms with Crippen LogP contribution in [0.2, 0.25) is 0 Å². The SMILES string of the molecule is Cc1cc(Br)c(F)cc1NS(=O)(=O)c1ccc(N)c(F)c1. The standard InChI is InChI=1S/C13H11BrF2N2O2S/c1-7-4-9(14)10(15)6-13(7)18-21(19,20)8-2-3-12(17)11(16)5-8/h2-6,18H,17H2,1H3. The van der Waals surface area contributed by atoms with Crippen molar-refractivity contribution in [3.8, 4) is 0 Å². The molecule has 0 atom stereocenters. The number of nitrogen functional groups attached to an aromatic ring is 1. The Morgan fingerprint density at radius 3 is 2.43 bits per heavy atom. The van der Waals surface area contributed by atoms with Crippen molar-refractivity contribution in [2.75, 3.05) is 10.5 Å². The average molecular weight is 377 g/mol. The maximum Gasteiger partial charge on any atom is 0.262 e. The van der Waals surface area contributed by atoms with Crippen LogP contribution in [0.3, 0.4) is 0 Å². The van der Waals surface area contributed by atoms with E-state index in [-0.39, 0.29) is 20.7 Å². The summed E-state index contributed by atoms with van der Waals surface area (Å²) >= 11 is 3.01. The van der Waals surface area contributed by atoms with Crippen molar-refractivity contribution in [3.05, 3.63) is 52.0 Å². The largest absolute Gasteiger partial charge is 0.396 e. The predicted octanol–water partition coefficient (Wildman–Crippen LogP) is 3.42. The van der Waals surface area contributed by atoms with Crippen LogP contribution in [0.1, 0.15) is 5.56 Å². The normalized spacial score (nSPS) is 11.4. The van der Waals surface area contributed by atoms with Crippen LogP contribution in [-0.2, 0) is 10.0 Å². The first-order valence-electron chi connectivity index (χ1n) is 5.74. The van der Waals surface area contributed by atoms with Gasteiger partial charge in [-0.15, -0.1) is 0 Å². The Balaban J connectivity index is 2.42. The molecule has 0 saturated carbocycles. The fraction of sp³-hybridized carbons (Fsp3) is 0.0769. The summed E-state index contributed by atoms with van der Waals surface area (Å²) in [5.41, 5.74) is 5.74. The maximum atomic E-state index is 13.5. The fourth-order valence-electron chi connectivity index (χ4n) is 1.63. The Morgan fingerprint density at radius 1 is 1.14 bits per heavy atom. The molecule has 0 aliphatic carbocycles. The van der Waals surface area contributed by atoms with E-state index in [1.807, 2.05) is 0 Å². The van der Waals surface area contributed by atoms with Gasteiger partial charge in [0.25, 0.3) is 10.0 Å². The molecule has 2 aromatic rings. The molecular formula is C13H11BrF2N2O2S. The highest BCUT2D eigenvalue weighted by Gasteiger charge is 2.18. The number of hydrogen-bond acceptors (Lipinski definition) is 3. The van der Waals surface area contributed by atoms with Crippen LogP contribution in [0.15, 0.2) is 39.7 Å². The third-order valence-electron chi connectivity index (χ3n) is 2.79. The van der Waals surface area contributed by atoms with Crippen LogP contribution in [0.5, 0.6) is 0 Å². The van der Waals surface area contributed by atoms with E-state index < -0.39 is 21.7 Å². The second kappa shape index (κ2) is 5.61. The highest BCUT2D eigenvalue weighted by atomic mass is 79.9. The molecule has 8 heteroatoms. The summed E-state index contributed by atoms with van der Waals surface area (Å²) in [5.74, 6) is -1.45. The van der Waals surface area contributed by atoms with Crippen LogP contribution < -0.4 is 10.5 Å². The first-order valence-corrected chi connectivity index (χ1v) is 8.02. The second-order valence-corrected chi connectivity index (χ2v) is 6.91. The van der Waals surface area contributed by atoms with E-state index in [1.165, 1.54) is 12.1 Å². The lowest BCUT2D eigenvalue weighted by Gasteiger charge is -2.12. The molecule has 4 nitrogen and oxygen atoms in total. The minimum atomic E-state index is -4.03. The monoisotopic (exact) mass is 376 g/mol. The average Bonchev–Trinajstić information content (AvgIpc) is 2.39. The second-order valence-electron chi connectivity index (χ2n) is 4.37. The van der Waals surface area contributed by atoms with Gasteiger partial charge < -0.3 is 5.73 Å². The molecular weight excluding hydrogens is 366 g/mol. The molecule has 2 rings (SSSR count). The molecule has 0 bridgehead atoms. The number of nitrogens with one attached hydrogen (secondary N) is 1. The van der Waals surface area contributed by atoms with Gasteiger partial charge >= 0.3 is 0 Å². The summed E-state index contributed by atoms with van der Waals surface area (Å²) in [4.78, 5) is -0.295. The number of benzene rings is 2. The van der Waals surface area contributed by atoms with E-state index in [2.05, 4.69) is 20.7 Å². The van der Waals surface area contributed by atoms with E-state index >= 15 is 0 Å². The zero-order valence-electron chi connectivity index (χ0n) is 10.8. The molecule has 0 amide bonds. The number of sulfonamides is 1. The van der Waals surface area contributed by atoms with Crippen LogP contribution in [0.25, 0.3) is 0 Å². The summed E-state index contributed by atoms with van der Waals surface area (Å²) < 4.78 is 53.6. The lowest BCUT2D eigenvalue weighted by molar-refractivity contribution is 0.596. The predicted molar refractivity (Wildman–Crippen MR) is 80.5 cm³/mol. The van der Waals surface area contributed by atoms with Crippen molar-refractivity contribution in [3.63, 3.8) is 0 Å². The minimum Gasteiger partial charge on any atom is -0.396 e. The molecule has 0 aromatic heterocycles. The topological polar surface area (TPSA) is 72.2 Å². The van der Waals surface area contributed by atoms with Gasteiger partial charge in [-0.3, -0.25) is 4.72 Å². The molecule has 0 spiro atoms. The molecule has 112 valence electrons. The zero-order chi connectivity index (χ0) is 15.8. The van der Waals surface area contributed by atoms with Crippen LogP contribution >= 0.6 is 15.9 Å². The van der Waals surface area contributed by atoms with Gasteiger partial charge in [-0.1, -0.05) is 0 Å². The molecule has 0 fully saturated rings. The fourth-order valence-corrected chi connectivity index (χ4v) is 3.23. The van der Waals surface area contributed by atoms with Crippen molar-refractivity contribution >= 4 is 37.3 Å². The quantitative estimate of drug-likeness (QED) is 0.806. The molecule has 0 aliphatic rings. The molecule has 0 heterocycles. The highest BCUT2D eigenvalue weighted by molar-refractivity contribution is 9.10. The number of hydrogen-bond donors (Lipinski definition) is 2. The van der Waals surface area contributed by atoms with E-state index in [9.17, 15) is 17.2 Å². The molecule has 0 aliphatic heterocycles. The number of aryl methyl sites for hydroxylation is 1. The van der Waals surface area contributed by atoms with Gasteiger partial charge in [-0.05, 0) is 58.7 Å². The Morgan fingerprint density at radius 2 is 1.81 bits per heavy atom. The van der Waals surface area contributed by atoms with Gasteiger partial charge in [0, 0.05) is 0 Å². The lowest BCUT2D eigenvalue weighted by Crippen LogP contribution is -2.14. The van der Waals surface area contributed by atoms with Crippen LogP contribution in [-0.4, -0.2) is 8.42 Å². The highest BCUT2D eigenvalue weighted by Crippen LogP contribution is 2.26. The Kier molecular flexibility index (Phi) is 4.20. The summed E-state index contributed by atoms with van der Waals surface area (Å²) in [7, 11) is -4.03. The van der Waals surface area contributed by atoms with Crippen molar-refractivity contribution in [2.24, 2.45) is 0 Å². The Labute approximate surface area is 129 Å². The number of anilines is 2. The third kappa shape index (κ3) is 3.33. The van der Waals surface area contributed by atoms with Crippen LogP contribution in [0, 0.1) is 18.6 Å². The number of rotatable bonds is 3. The van der Waals surface area contributed by atoms with E-state index in [4.69, 9.17) is 5.73 Å². The summed E-state index contributed by atoms with van der Waals surface area (Å²) in [6.07, 6.45) is 0. The maximum absolute atomic E-state index is 13.5. The van der Waals surface area contributed by atoms with E-state index in [1.54, 1.807) is 6.92 Å². The van der Waals surface area contributed by atoms with Gasteiger partial charge in [-0.25, -0.2) is 17.2 Å². The molecule has 0 unspecified atom stereocenters.